The van der Waals surface area contributed by atoms with Crippen molar-refractivity contribution in [1.82, 2.24) is 5.32 Å². The third-order valence-corrected chi connectivity index (χ3v) is 2.37. The minimum absolute atomic E-state index is 0.573. The lowest BCUT2D eigenvalue weighted by Gasteiger charge is -2.40. The van der Waals surface area contributed by atoms with Gasteiger partial charge >= 0.3 is 0 Å². The molecule has 1 amide bonds. The SMILES string of the molecule is O=C(CO)NC1C(O)[C@H](O)C(CO)O[C@H]1O. The van der Waals surface area contributed by atoms with Gasteiger partial charge in [-0.3, -0.25) is 4.79 Å². The van der Waals surface area contributed by atoms with Gasteiger partial charge in [0.25, 0.3) is 0 Å². The highest BCUT2D eigenvalue weighted by molar-refractivity contribution is 5.77. The number of ether oxygens (including phenoxy) is 1. The fourth-order valence-corrected chi connectivity index (χ4v) is 1.48. The van der Waals surface area contributed by atoms with Crippen LogP contribution in [0.3, 0.4) is 0 Å². The lowest BCUT2D eigenvalue weighted by atomic mass is 9.97. The zero-order valence-electron chi connectivity index (χ0n) is 8.35. The van der Waals surface area contributed by atoms with Crippen molar-refractivity contribution in [3.8, 4) is 0 Å². The molecule has 0 bridgehead atoms. The van der Waals surface area contributed by atoms with Crippen molar-refractivity contribution in [3.05, 3.63) is 0 Å². The maximum absolute atomic E-state index is 10.9. The van der Waals surface area contributed by atoms with Gasteiger partial charge in [0.1, 0.15) is 31.0 Å². The highest BCUT2D eigenvalue weighted by Gasteiger charge is 2.44. The van der Waals surface area contributed by atoms with Crippen molar-refractivity contribution in [3.63, 3.8) is 0 Å². The Balaban J connectivity index is 2.67. The maximum atomic E-state index is 10.9. The predicted octanol–water partition coefficient (Wildman–Crippen LogP) is -4.11. The Labute approximate surface area is 91.1 Å². The smallest absolute Gasteiger partial charge is 0.246 e. The van der Waals surface area contributed by atoms with E-state index in [2.05, 4.69) is 5.32 Å². The van der Waals surface area contributed by atoms with Crippen LogP contribution < -0.4 is 5.32 Å². The van der Waals surface area contributed by atoms with Crippen LogP contribution >= 0.6 is 0 Å². The van der Waals surface area contributed by atoms with Crippen LogP contribution in [0.5, 0.6) is 0 Å². The minimum atomic E-state index is -1.56. The molecule has 8 nitrogen and oxygen atoms in total. The second kappa shape index (κ2) is 5.53. The Hall–Kier alpha value is -0.770. The average molecular weight is 237 g/mol. The van der Waals surface area contributed by atoms with Crippen molar-refractivity contribution in [1.29, 1.82) is 0 Å². The summed E-state index contributed by atoms with van der Waals surface area (Å²) < 4.78 is 4.78. The Morgan fingerprint density at radius 1 is 1.19 bits per heavy atom. The summed E-state index contributed by atoms with van der Waals surface area (Å²) in [6, 6.07) is -1.25. The molecule has 94 valence electrons. The molecule has 6 N–H and O–H groups in total. The van der Waals surface area contributed by atoms with Crippen LogP contribution in [0, 0.1) is 0 Å². The fourth-order valence-electron chi connectivity index (χ4n) is 1.48. The number of hydrogen-bond acceptors (Lipinski definition) is 7. The molecule has 0 aliphatic carbocycles. The lowest BCUT2D eigenvalue weighted by Crippen LogP contribution is -2.64. The molecule has 1 heterocycles. The summed E-state index contributed by atoms with van der Waals surface area (Å²) in [5, 5.41) is 47.8. The molecule has 1 aliphatic rings. The van der Waals surface area contributed by atoms with Gasteiger partial charge in [-0.25, -0.2) is 0 Å². The minimum Gasteiger partial charge on any atom is -0.394 e. The summed E-state index contributed by atoms with van der Waals surface area (Å²) in [4.78, 5) is 10.9. The quantitative estimate of drug-likeness (QED) is 0.293. The van der Waals surface area contributed by atoms with Crippen LogP contribution in [-0.4, -0.2) is 75.3 Å². The first-order valence-corrected chi connectivity index (χ1v) is 4.72. The van der Waals surface area contributed by atoms with E-state index < -0.39 is 49.8 Å². The van der Waals surface area contributed by atoms with Gasteiger partial charge in [-0.1, -0.05) is 0 Å². The van der Waals surface area contributed by atoms with Crippen molar-refractivity contribution in [2.75, 3.05) is 13.2 Å². The molecule has 16 heavy (non-hydrogen) atoms. The highest BCUT2D eigenvalue weighted by atomic mass is 16.6. The Bertz CT molecular complexity index is 249. The van der Waals surface area contributed by atoms with E-state index >= 15 is 0 Å². The summed E-state index contributed by atoms with van der Waals surface area (Å²) in [6.07, 6.45) is -5.60. The Morgan fingerprint density at radius 3 is 2.31 bits per heavy atom. The number of hydrogen-bond donors (Lipinski definition) is 6. The van der Waals surface area contributed by atoms with Crippen molar-refractivity contribution < 1.29 is 35.1 Å². The van der Waals surface area contributed by atoms with E-state index in [9.17, 15) is 20.1 Å². The molecular formula is C8H15NO7. The number of rotatable bonds is 3. The molecule has 0 aromatic carbocycles. The second-order valence-electron chi connectivity index (χ2n) is 3.48. The zero-order chi connectivity index (χ0) is 12.3. The topological polar surface area (TPSA) is 139 Å². The van der Waals surface area contributed by atoms with Crippen LogP contribution in [0.2, 0.25) is 0 Å². The molecule has 5 atom stereocenters. The molecular weight excluding hydrogens is 222 g/mol. The van der Waals surface area contributed by atoms with Crippen LogP contribution in [-0.2, 0) is 9.53 Å². The van der Waals surface area contributed by atoms with E-state index in [4.69, 9.17) is 14.9 Å². The van der Waals surface area contributed by atoms with E-state index in [0.29, 0.717) is 0 Å². The third kappa shape index (κ3) is 2.67. The van der Waals surface area contributed by atoms with E-state index in [1.165, 1.54) is 0 Å². The first-order chi connectivity index (χ1) is 7.51. The lowest BCUT2D eigenvalue weighted by molar-refractivity contribution is -0.254. The van der Waals surface area contributed by atoms with E-state index in [1.54, 1.807) is 0 Å². The fraction of sp³-hybridized carbons (Fsp3) is 0.875. The largest absolute Gasteiger partial charge is 0.394 e. The average Bonchev–Trinajstić information content (AvgIpc) is 2.28. The zero-order valence-corrected chi connectivity index (χ0v) is 8.35. The van der Waals surface area contributed by atoms with Crippen molar-refractivity contribution in [2.24, 2.45) is 0 Å². The van der Waals surface area contributed by atoms with Crippen LogP contribution in [0.15, 0.2) is 0 Å². The van der Waals surface area contributed by atoms with Gasteiger partial charge in [0.2, 0.25) is 5.91 Å². The number of amides is 1. The van der Waals surface area contributed by atoms with E-state index in [1.807, 2.05) is 0 Å². The first-order valence-electron chi connectivity index (χ1n) is 4.72. The Kier molecular flexibility index (Phi) is 4.59. The molecule has 1 aliphatic heterocycles. The molecule has 0 radical (unpaired) electrons. The van der Waals surface area contributed by atoms with Crippen molar-refractivity contribution in [2.45, 2.75) is 30.6 Å². The molecule has 3 unspecified atom stereocenters. The third-order valence-electron chi connectivity index (χ3n) is 2.37. The van der Waals surface area contributed by atoms with Gasteiger partial charge in [0, 0.05) is 0 Å². The number of carbonyl (C=O) groups excluding carboxylic acids is 1. The van der Waals surface area contributed by atoms with Gasteiger partial charge in [-0.05, 0) is 0 Å². The van der Waals surface area contributed by atoms with Crippen molar-refractivity contribution >= 4 is 5.91 Å². The van der Waals surface area contributed by atoms with Gasteiger partial charge in [-0.2, -0.15) is 0 Å². The molecule has 1 rings (SSSR count). The molecule has 0 aromatic rings. The summed E-state index contributed by atoms with van der Waals surface area (Å²) in [7, 11) is 0. The monoisotopic (exact) mass is 237 g/mol. The van der Waals surface area contributed by atoms with Crippen LogP contribution in [0.25, 0.3) is 0 Å². The molecule has 1 fully saturated rings. The van der Waals surface area contributed by atoms with Gasteiger partial charge in [-0.15, -0.1) is 0 Å². The number of aliphatic hydroxyl groups is 5. The standard InChI is InChI=1S/C8H15NO7/c10-1-3-6(13)7(14)5(8(15)16-3)9-4(12)2-11/h3,5-8,10-11,13-15H,1-2H2,(H,9,12)/t3?,5?,6-,7?,8-/m1/s1. The molecule has 0 spiro atoms. The summed E-state index contributed by atoms with van der Waals surface area (Å²) in [6.45, 7) is -1.38. The highest BCUT2D eigenvalue weighted by Crippen LogP contribution is 2.19. The molecule has 1 saturated heterocycles. The van der Waals surface area contributed by atoms with E-state index in [0.717, 1.165) is 0 Å². The van der Waals surface area contributed by atoms with Gasteiger partial charge < -0.3 is 35.6 Å². The number of aliphatic hydroxyl groups excluding tert-OH is 5. The first kappa shape index (κ1) is 13.3. The number of carbonyl (C=O) groups is 1. The molecule has 0 aromatic heterocycles. The van der Waals surface area contributed by atoms with Crippen LogP contribution in [0.1, 0.15) is 0 Å². The number of nitrogens with one attached hydrogen (secondary N) is 1. The van der Waals surface area contributed by atoms with Crippen LogP contribution in [0.4, 0.5) is 0 Å². The van der Waals surface area contributed by atoms with E-state index in [-0.39, 0.29) is 0 Å². The predicted molar refractivity (Wildman–Crippen MR) is 49.0 cm³/mol. The summed E-state index contributed by atoms with van der Waals surface area (Å²) in [5.41, 5.74) is 0. The van der Waals surface area contributed by atoms with Gasteiger partial charge in [0.15, 0.2) is 6.29 Å². The maximum Gasteiger partial charge on any atom is 0.246 e. The summed E-state index contributed by atoms with van der Waals surface area (Å²) in [5.74, 6) is -0.818. The Morgan fingerprint density at radius 2 is 1.81 bits per heavy atom. The molecule has 0 saturated carbocycles. The summed E-state index contributed by atoms with van der Waals surface area (Å²) >= 11 is 0. The molecule has 8 heteroatoms. The van der Waals surface area contributed by atoms with Gasteiger partial charge in [0.05, 0.1) is 6.61 Å². The second-order valence-corrected chi connectivity index (χ2v) is 3.48. The normalized spacial score (nSPS) is 39.4.